The fourth-order valence-electron chi connectivity index (χ4n) is 6.13. The Hall–Kier alpha value is -5.58. The lowest BCUT2D eigenvalue weighted by Gasteiger charge is -2.14. The van der Waals surface area contributed by atoms with E-state index in [0.717, 1.165) is 57.1 Å². The predicted molar refractivity (Wildman–Crippen MR) is 207 cm³/mol. The van der Waals surface area contributed by atoms with Crippen molar-refractivity contribution in [2.45, 2.75) is 31.9 Å². The first kappa shape index (κ1) is 36.2. The van der Waals surface area contributed by atoms with Gasteiger partial charge in [-0.2, -0.15) is 8.75 Å². The van der Waals surface area contributed by atoms with Crippen LogP contribution in [0.4, 0.5) is 0 Å². The first-order valence-corrected chi connectivity index (χ1v) is 17.8. The summed E-state index contributed by atoms with van der Waals surface area (Å²) in [6, 6.07) is 34.6. The van der Waals surface area contributed by atoms with Gasteiger partial charge in [0.1, 0.15) is 34.8 Å². The molecule has 0 spiro atoms. The molecule has 1 atom stereocenters. The summed E-state index contributed by atoms with van der Waals surface area (Å²) in [4.78, 5) is 13.0. The van der Waals surface area contributed by atoms with Gasteiger partial charge in [0.05, 0.1) is 50.5 Å². The number of fused-ring (bicyclic) bond motifs is 2. The molecule has 0 radical (unpaired) electrons. The van der Waals surface area contributed by atoms with Crippen molar-refractivity contribution >= 4 is 51.2 Å². The molecule has 0 aliphatic carbocycles. The predicted octanol–water partition coefficient (Wildman–Crippen LogP) is 10.0. The zero-order valence-corrected chi connectivity index (χ0v) is 30.8. The molecule has 2 heterocycles. The van der Waals surface area contributed by atoms with Crippen LogP contribution in [0.3, 0.4) is 0 Å². The van der Waals surface area contributed by atoms with Crippen LogP contribution in [0.25, 0.3) is 33.1 Å². The number of carboxylic acid groups (broad SMARTS) is 1. The number of carboxylic acids is 1. The number of carbonyl (C=O) groups is 1. The van der Waals surface area contributed by atoms with E-state index in [1.807, 2.05) is 109 Å². The van der Waals surface area contributed by atoms with Crippen LogP contribution in [0.5, 0.6) is 23.0 Å². The van der Waals surface area contributed by atoms with Crippen molar-refractivity contribution in [2.75, 3.05) is 21.3 Å². The molecular weight excluding hydrogens is 698 g/mol. The van der Waals surface area contributed by atoms with Gasteiger partial charge >= 0.3 is 5.97 Å². The number of alkyl halides is 1. The molecule has 52 heavy (non-hydrogen) atoms. The number of halogens is 1. The van der Waals surface area contributed by atoms with Gasteiger partial charge in [-0.3, -0.25) is 0 Å². The third-order valence-electron chi connectivity index (χ3n) is 8.69. The molecule has 7 rings (SSSR count). The SMILES string of the molecule is CCC(Cl)c1ccccc1OC.COc1ccccc1Cn1c(C(=O)O)c(-c2ccc3nsnc3c2)c2cc(OC)c(OCc3ccccc3)cc21. The summed E-state index contributed by atoms with van der Waals surface area (Å²) < 4.78 is 33.2. The maximum absolute atomic E-state index is 13.0. The highest BCUT2D eigenvalue weighted by atomic mass is 35.5. The minimum atomic E-state index is -1.05. The van der Waals surface area contributed by atoms with Gasteiger partial charge in [-0.05, 0) is 47.9 Å². The van der Waals surface area contributed by atoms with Gasteiger partial charge in [0.15, 0.2) is 11.5 Å². The molecule has 0 amide bonds. The van der Waals surface area contributed by atoms with E-state index in [1.165, 1.54) is 0 Å². The molecule has 1 unspecified atom stereocenters. The lowest BCUT2D eigenvalue weighted by atomic mass is 10.0. The largest absolute Gasteiger partial charge is 0.496 e. The fourth-order valence-corrected chi connectivity index (χ4v) is 6.83. The van der Waals surface area contributed by atoms with Crippen LogP contribution in [0.15, 0.2) is 109 Å². The number of aromatic nitrogens is 3. The third kappa shape index (κ3) is 7.68. The molecule has 0 bridgehead atoms. The van der Waals surface area contributed by atoms with Crippen LogP contribution < -0.4 is 18.9 Å². The van der Waals surface area contributed by atoms with Crippen LogP contribution in [0.1, 0.15) is 45.9 Å². The molecular formula is C41H38ClN3O6S. The summed E-state index contributed by atoms with van der Waals surface area (Å²) in [7, 11) is 4.85. The number of hydrogen-bond donors (Lipinski definition) is 1. The smallest absolute Gasteiger partial charge is 0.353 e. The summed E-state index contributed by atoms with van der Waals surface area (Å²) in [5.74, 6) is 1.52. The second-order valence-corrected chi connectivity index (χ2v) is 12.9. The zero-order valence-electron chi connectivity index (χ0n) is 29.2. The zero-order chi connectivity index (χ0) is 36.6. The van der Waals surface area contributed by atoms with Crippen LogP contribution in [-0.2, 0) is 13.2 Å². The van der Waals surface area contributed by atoms with Crippen LogP contribution >= 0.6 is 23.3 Å². The van der Waals surface area contributed by atoms with Gasteiger partial charge in [-0.1, -0.05) is 79.7 Å². The number of methoxy groups -OCH3 is 3. The molecule has 0 saturated carbocycles. The first-order valence-electron chi connectivity index (χ1n) is 16.6. The molecule has 7 aromatic rings. The van der Waals surface area contributed by atoms with E-state index in [-0.39, 0.29) is 17.6 Å². The minimum Gasteiger partial charge on any atom is -0.496 e. The summed E-state index contributed by atoms with van der Waals surface area (Å²) in [5.41, 5.74) is 6.52. The Morgan fingerprint density at radius 1 is 0.788 bits per heavy atom. The molecule has 266 valence electrons. The lowest BCUT2D eigenvalue weighted by molar-refractivity contribution is 0.0687. The maximum atomic E-state index is 13.0. The summed E-state index contributed by atoms with van der Waals surface area (Å²) in [6.07, 6.45) is 0.919. The second kappa shape index (κ2) is 16.6. The van der Waals surface area contributed by atoms with E-state index < -0.39 is 5.97 Å². The van der Waals surface area contributed by atoms with Gasteiger partial charge in [-0.15, -0.1) is 11.6 Å². The summed E-state index contributed by atoms with van der Waals surface area (Å²) in [5, 5.41) is 11.4. The minimum absolute atomic E-state index is 0.0566. The Kier molecular flexibility index (Phi) is 11.6. The number of hydrogen-bond acceptors (Lipinski definition) is 8. The highest BCUT2D eigenvalue weighted by molar-refractivity contribution is 7.00. The van der Waals surface area contributed by atoms with Crippen molar-refractivity contribution in [3.63, 3.8) is 0 Å². The van der Waals surface area contributed by atoms with Gasteiger partial charge < -0.3 is 28.6 Å². The molecule has 9 nitrogen and oxygen atoms in total. The van der Waals surface area contributed by atoms with E-state index in [4.69, 9.17) is 30.5 Å². The van der Waals surface area contributed by atoms with Crippen molar-refractivity contribution in [3.8, 4) is 34.1 Å². The molecule has 5 aromatic carbocycles. The normalized spacial score (nSPS) is 11.5. The Bertz CT molecular complexity index is 2310. The molecule has 1 N–H and O–H groups in total. The number of rotatable bonds is 12. The van der Waals surface area contributed by atoms with Crippen molar-refractivity contribution < 1.29 is 28.8 Å². The van der Waals surface area contributed by atoms with E-state index in [0.29, 0.717) is 40.5 Å². The van der Waals surface area contributed by atoms with E-state index in [1.54, 1.807) is 25.9 Å². The van der Waals surface area contributed by atoms with Gasteiger partial charge in [0.2, 0.25) is 0 Å². The number of nitrogens with zero attached hydrogens (tertiary/aromatic N) is 3. The van der Waals surface area contributed by atoms with Crippen molar-refractivity contribution in [1.82, 2.24) is 13.3 Å². The first-order chi connectivity index (χ1) is 25.4. The monoisotopic (exact) mass is 735 g/mol. The average molecular weight is 736 g/mol. The second-order valence-electron chi connectivity index (χ2n) is 11.8. The standard InChI is InChI=1S/C31H25N3O5S.C10H13ClO/c1-37-26-11-7-6-10-21(26)17-34-25-16-28(39-18-19-8-4-3-5-9-19)27(38-2)15-22(25)29(30(34)31(35)36)20-12-13-23-24(14-20)33-40-32-23;1-3-9(11)8-6-4-5-7-10(8)12-2/h3-16H,17-18H2,1-2H3,(H,35,36);4-7,9H,3H2,1-2H3. The molecule has 11 heteroatoms. The maximum Gasteiger partial charge on any atom is 0.353 e. The van der Waals surface area contributed by atoms with Crippen LogP contribution in [0.2, 0.25) is 0 Å². The number of para-hydroxylation sites is 2. The molecule has 0 aliphatic heterocycles. The Labute approximate surface area is 311 Å². The van der Waals surface area contributed by atoms with Gasteiger partial charge in [0, 0.05) is 28.1 Å². The van der Waals surface area contributed by atoms with Gasteiger partial charge in [0.25, 0.3) is 0 Å². The van der Waals surface area contributed by atoms with Crippen LogP contribution in [-0.4, -0.2) is 45.7 Å². The Balaban J connectivity index is 0.000000330. The molecule has 0 aliphatic rings. The topological polar surface area (TPSA) is 105 Å². The summed E-state index contributed by atoms with van der Waals surface area (Å²) in [6.45, 7) is 2.67. The number of benzene rings is 5. The number of ether oxygens (including phenoxy) is 4. The lowest BCUT2D eigenvalue weighted by Crippen LogP contribution is -2.11. The molecule has 2 aromatic heterocycles. The van der Waals surface area contributed by atoms with Crippen molar-refractivity contribution in [3.05, 3.63) is 132 Å². The van der Waals surface area contributed by atoms with Crippen LogP contribution in [0, 0.1) is 0 Å². The highest BCUT2D eigenvalue weighted by Gasteiger charge is 2.27. The summed E-state index contributed by atoms with van der Waals surface area (Å²) >= 11 is 7.22. The number of aromatic carboxylic acids is 1. The van der Waals surface area contributed by atoms with E-state index in [2.05, 4.69) is 15.7 Å². The average Bonchev–Trinajstić information content (AvgIpc) is 3.79. The third-order valence-corrected chi connectivity index (χ3v) is 9.79. The highest BCUT2D eigenvalue weighted by Crippen LogP contribution is 2.42. The van der Waals surface area contributed by atoms with E-state index >= 15 is 0 Å². The molecule has 0 saturated heterocycles. The fraction of sp³-hybridized carbons (Fsp3) is 0.195. The van der Waals surface area contributed by atoms with Gasteiger partial charge in [-0.25, -0.2) is 4.79 Å². The Morgan fingerprint density at radius 2 is 1.46 bits per heavy atom. The van der Waals surface area contributed by atoms with Crippen molar-refractivity contribution in [2.24, 2.45) is 0 Å². The van der Waals surface area contributed by atoms with Crippen molar-refractivity contribution in [1.29, 1.82) is 0 Å². The Morgan fingerprint density at radius 3 is 2.17 bits per heavy atom. The quantitative estimate of drug-likeness (QED) is 0.124. The van der Waals surface area contributed by atoms with E-state index in [9.17, 15) is 9.90 Å². The molecule has 0 fully saturated rings.